The predicted octanol–water partition coefficient (Wildman–Crippen LogP) is 0.713. The lowest BCUT2D eigenvalue weighted by Gasteiger charge is -2.10. The number of carboxylic acid groups (broad SMARTS) is 2. The second-order valence-electron chi connectivity index (χ2n) is 6.51. The third kappa shape index (κ3) is 19.0. The Morgan fingerprint density at radius 2 is 0.735 bits per heavy atom. The number of aliphatic carboxylic acids is 2. The lowest BCUT2D eigenvalue weighted by molar-refractivity contribution is -0.143. The summed E-state index contributed by atoms with van der Waals surface area (Å²) in [6.45, 7) is 3.64. The summed E-state index contributed by atoms with van der Waals surface area (Å²) in [7, 11) is 0. The first-order valence-electron chi connectivity index (χ1n) is 10.8. The molecule has 0 unspecified atom stereocenters. The van der Waals surface area contributed by atoms with Gasteiger partial charge in [0, 0.05) is 0 Å². The van der Waals surface area contributed by atoms with Crippen molar-refractivity contribution in [3.8, 4) is 11.5 Å². The van der Waals surface area contributed by atoms with Crippen LogP contribution in [0.15, 0.2) is 24.3 Å². The third-order valence-electron chi connectivity index (χ3n) is 3.76. The van der Waals surface area contributed by atoms with E-state index in [0.29, 0.717) is 77.6 Å². The third-order valence-corrected chi connectivity index (χ3v) is 3.76. The smallest absolute Gasteiger partial charge is 0.329 e. The number of rotatable bonds is 24. The number of ether oxygens (including phenoxy) is 8. The highest BCUT2D eigenvalue weighted by Gasteiger charge is 1.99. The molecular formula is C22H34O12. The highest BCUT2D eigenvalue weighted by atomic mass is 16.6. The van der Waals surface area contributed by atoms with Crippen molar-refractivity contribution in [1.29, 1.82) is 0 Å². The van der Waals surface area contributed by atoms with Gasteiger partial charge in [-0.25, -0.2) is 9.59 Å². The maximum absolute atomic E-state index is 10.3. The van der Waals surface area contributed by atoms with Gasteiger partial charge in [-0.2, -0.15) is 0 Å². The molecule has 2 N–H and O–H groups in total. The summed E-state index contributed by atoms with van der Waals surface area (Å²) in [4.78, 5) is 20.5. The predicted molar refractivity (Wildman–Crippen MR) is 118 cm³/mol. The molecule has 1 aromatic rings. The SMILES string of the molecule is O=C(O)COCCOCCOCCOc1ccc(OCCOCCOCCOCC(=O)O)cc1. The van der Waals surface area contributed by atoms with Crippen molar-refractivity contribution >= 4 is 11.9 Å². The summed E-state index contributed by atoms with van der Waals surface area (Å²) in [5.74, 6) is -0.614. The van der Waals surface area contributed by atoms with Gasteiger partial charge in [0.2, 0.25) is 0 Å². The molecule has 0 heterocycles. The van der Waals surface area contributed by atoms with E-state index in [0.717, 1.165) is 0 Å². The van der Waals surface area contributed by atoms with Crippen LogP contribution in [-0.4, -0.2) is 115 Å². The summed E-state index contributed by atoms with van der Waals surface area (Å²) < 4.78 is 42.1. The van der Waals surface area contributed by atoms with Crippen LogP contribution in [0.25, 0.3) is 0 Å². The van der Waals surface area contributed by atoms with Crippen molar-refractivity contribution in [2.75, 3.05) is 92.5 Å². The fraction of sp³-hybridized carbons (Fsp3) is 0.636. The monoisotopic (exact) mass is 490 g/mol. The summed E-state index contributed by atoms with van der Waals surface area (Å²) in [5.41, 5.74) is 0. The van der Waals surface area contributed by atoms with Crippen molar-refractivity contribution in [2.45, 2.75) is 0 Å². The van der Waals surface area contributed by atoms with Crippen molar-refractivity contribution in [2.24, 2.45) is 0 Å². The van der Waals surface area contributed by atoms with E-state index in [1.54, 1.807) is 24.3 Å². The lowest BCUT2D eigenvalue weighted by atomic mass is 10.3. The van der Waals surface area contributed by atoms with Gasteiger partial charge in [0.1, 0.15) is 37.9 Å². The summed E-state index contributed by atoms with van der Waals surface area (Å²) in [6.07, 6.45) is 0. The zero-order chi connectivity index (χ0) is 24.7. The first-order chi connectivity index (χ1) is 16.6. The lowest BCUT2D eigenvalue weighted by Crippen LogP contribution is -2.14. The van der Waals surface area contributed by atoms with E-state index in [9.17, 15) is 9.59 Å². The van der Waals surface area contributed by atoms with Crippen LogP contribution in [0.5, 0.6) is 11.5 Å². The Morgan fingerprint density at radius 1 is 0.471 bits per heavy atom. The van der Waals surface area contributed by atoms with E-state index in [2.05, 4.69) is 0 Å². The van der Waals surface area contributed by atoms with Crippen LogP contribution in [0.3, 0.4) is 0 Å². The fourth-order valence-electron chi connectivity index (χ4n) is 2.27. The van der Waals surface area contributed by atoms with Crippen molar-refractivity contribution in [3.63, 3.8) is 0 Å². The summed E-state index contributed by atoms with van der Waals surface area (Å²) >= 11 is 0. The zero-order valence-electron chi connectivity index (χ0n) is 19.2. The van der Waals surface area contributed by atoms with Crippen molar-refractivity contribution < 1.29 is 57.7 Å². The van der Waals surface area contributed by atoms with Crippen LogP contribution in [0, 0.1) is 0 Å². The average molecular weight is 491 g/mol. The van der Waals surface area contributed by atoms with Crippen LogP contribution in [-0.2, 0) is 38.0 Å². The molecule has 0 spiro atoms. The molecule has 0 aliphatic carbocycles. The van der Waals surface area contributed by atoms with Crippen molar-refractivity contribution in [1.82, 2.24) is 0 Å². The minimum absolute atomic E-state index is 0.228. The first-order valence-corrected chi connectivity index (χ1v) is 10.8. The van der Waals surface area contributed by atoms with Gasteiger partial charge < -0.3 is 48.1 Å². The number of benzene rings is 1. The molecule has 0 radical (unpaired) electrons. The van der Waals surface area contributed by atoms with Gasteiger partial charge in [0.15, 0.2) is 0 Å². The number of hydrogen-bond acceptors (Lipinski definition) is 10. The number of carbonyl (C=O) groups is 2. The molecule has 0 aromatic heterocycles. The second-order valence-corrected chi connectivity index (χ2v) is 6.51. The summed E-state index contributed by atoms with van der Waals surface area (Å²) in [5, 5.41) is 16.8. The Balaban J connectivity index is 1.89. The van der Waals surface area contributed by atoms with Gasteiger partial charge in [-0.1, -0.05) is 0 Å². The quantitative estimate of drug-likeness (QED) is 0.197. The van der Waals surface area contributed by atoms with Gasteiger partial charge >= 0.3 is 11.9 Å². The largest absolute Gasteiger partial charge is 0.491 e. The summed E-state index contributed by atoms with van der Waals surface area (Å²) in [6, 6.07) is 7.21. The van der Waals surface area contributed by atoms with Gasteiger partial charge in [0.25, 0.3) is 0 Å². The molecule has 194 valence electrons. The molecule has 0 atom stereocenters. The van der Waals surface area contributed by atoms with Crippen LogP contribution in [0.4, 0.5) is 0 Å². The molecule has 12 heteroatoms. The highest BCUT2D eigenvalue weighted by Crippen LogP contribution is 2.17. The van der Waals surface area contributed by atoms with E-state index in [1.807, 2.05) is 0 Å². The normalized spacial score (nSPS) is 10.8. The average Bonchev–Trinajstić information content (AvgIpc) is 2.81. The molecule has 34 heavy (non-hydrogen) atoms. The van der Waals surface area contributed by atoms with E-state index in [1.165, 1.54) is 0 Å². The zero-order valence-corrected chi connectivity index (χ0v) is 19.2. The molecule has 0 saturated heterocycles. The molecule has 0 aliphatic heterocycles. The maximum Gasteiger partial charge on any atom is 0.329 e. The molecule has 0 amide bonds. The molecule has 0 fully saturated rings. The molecule has 0 saturated carbocycles. The maximum atomic E-state index is 10.3. The minimum atomic E-state index is -1.00. The number of carboxylic acids is 2. The van der Waals surface area contributed by atoms with Gasteiger partial charge in [-0.05, 0) is 24.3 Å². The highest BCUT2D eigenvalue weighted by molar-refractivity contribution is 5.68. The molecule has 1 aromatic carbocycles. The van der Waals surface area contributed by atoms with E-state index >= 15 is 0 Å². The van der Waals surface area contributed by atoms with Gasteiger partial charge in [0.05, 0.1) is 66.1 Å². The van der Waals surface area contributed by atoms with Gasteiger partial charge in [-0.15, -0.1) is 0 Å². The fourth-order valence-corrected chi connectivity index (χ4v) is 2.27. The van der Waals surface area contributed by atoms with E-state index < -0.39 is 11.9 Å². The topological polar surface area (TPSA) is 148 Å². The van der Waals surface area contributed by atoms with Crippen LogP contribution in [0.2, 0.25) is 0 Å². The second kappa shape index (κ2) is 21.1. The van der Waals surface area contributed by atoms with Gasteiger partial charge in [-0.3, -0.25) is 0 Å². The Morgan fingerprint density at radius 3 is 1.03 bits per heavy atom. The van der Waals surface area contributed by atoms with E-state index in [-0.39, 0.29) is 26.4 Å². The molecule has 1 rings (SSSR count). The van der Waals surface area contributed by atoms with Crippen LogP contribution >= 0.6 is 0 Å². The first kappa shape index (κ1) is 29.6. The number of hydrogen-bond donors (Lipinski definition) is 2. The van der Waals surface area contributed by atoms with E-state index in [4.69, 9.17) is 48.1 Å². The van der Waals surface area contributed by atoms with Crippen LogP contribution < -0.4 is 9.47 Å². The molecule has 0 bridgehead atoms. The standard InChI is InChI=1S/C22H34O12/c23-21(24)17-31-11-9-27-5-7-29-13-15-33-19-1-2-20(4-3-19)34-16-14-30-8-6-28-10-12-32-18-22(25)26/h1-4H,5-18H2,(H,23,24)(H,25,26). The van der Waals surface area contributed by atoms with Crippen molar-refractivity contribution in [3.05, 3.63) is 24.3 Å². The molecule has 12 nitrogen and oxygen atoms in total. The minimum Gasteiger partial charge on any atom is -0.491 e. The Kier molecular flexibility index (Phi) is 18.3. The molecular weight excluding hydrogens is 456 g/mol. The molecule has 0 aliphatic rings. The Hall–Kier alpha value is -2.48. The Bertz CT molecular complexity index is 582. The Labute approximate surface area is 198 Å². The van der Waals surface area contributed by atoms with Crippen LogP contribution in [0.1, 0.15) is 0 Å².